The van der Waals surface area contributed by atoms with Gasteiger partial charge in [-0.05, 0) is 25.9 Å². The number of hydrogen-bond acceptors (Lipinski definition) is 3. The normalized spacial score (nSPS) is 30.7. The Morgan fingerprint density at radius 2 is 2.31 bits per heavy atom. The largest absolute Gasteiger partial charge is 0.395 e. The highest BCUT2D eigenvalue weighted by Crippen LogP contribution is 2.19. The number of aliphatic hydroxyl groups excluding tert-OH is 1. The number of aliphatic hydroxyl groups is 1. The summed E-state index contributed by atoms with van der Waals surface area (Å²) in [5, 5.41) is 12.2. The molecular formula is C10H22N2O. The van der Waals surface area contributed by atoms with Gasteiger partial charge in [0, 0.05) is 19.1 Å². The van der Waals surface area contributed by atoms with Gasteiger partial charge in [-0.3, -0.25) is 0 Å². The van der Waals surface area contributed by atoms with Crippen molar-refractivity contribution in [3.05, 3.63) is 0 Å². The van der Waals surface area contributed by atoms with Crippen LogP contribution in [0.2, 0.25) is 0 Å². The summed E-state index contributed by atoms with van der Waals surface area (Å²) in [4.78, 5) is 2.36. The van der Waals surface area contributed by atoms with Crippen LogP contribution in [0.4, 0.5) is 0 Å². The molecule has 3 nitrogen and oxygen atoms in total. The molecule has 0 bridgehead atoms. The zero-order chi connectivity index (χ0) is 9.68. The van der Waals surface area contributed by atoms with E-state index in [1.807, 2.05) is 0 Å². The van der Waals surface area contributed by atoms with Gasteiger partial charge in [0.1, 0.15) is 0 Å². The summed E-state index contributed by atoms with van der Waals surface area (Å²) in [7, 11) is 2.05. The first kappa shape index (κ1) is 11.0. The molecule has 78 valence electrons. The fraction of sp³-hybridized carbons (Fsp3) is 1.00. The second kappa shape index (κ2) is 5.58. The van der Waals surface area contributed by atoms with Crippen molar-refractivity contribution in [2.75, 3.05) is 33.3 Å². The van der Waals surface area contributed by atoms with Gasteiger partial charge in [0.05, 0.1) is 6.61 Å². The van der Waals surface area contributed by atoms with Crippen molar-refractivity contribution in [2.45, 2.75) is 25.8 Å². The van der Waals surface area contributed by atoms with Crippen LogP contribution >= 0.6 is 0 Å². The molecule has 1 fully saturated rings. The predicted molar refractivity (Wildman–Crippen MR) is 54.8 cm³/mol. The van der Waals surface area contributed by atoms with Gasteiger partial charge in [-0.2, -0.15) is 0 Å². The van der Waals surface area contributed by atoms with Crippen LogP contribution in [0.15, 0.2) is 0 Å². The summed E-state index contributed by atoms with van der Waals surface area (Å²) in [6, 6.07) is 0.681. The fourth-order valence-electron chi connectivity index (χ4n) is 2.25. The van der Waals surface area contributed by atoms with E-state index in [2.05, 4.69) is 24.2 Å². The summed E-state index contributed by atoms with van der Waals surface area (Å²) < 4.78 is 0. The lowest BCUT2D eigenvalue weighted by Gasteiger charge is -2.37. The molecule has 0 aromatic rings. The Kier molecular flexibility index (Phi) is 4.70. The van der Waals surface area contributed by atoms with E-state index in [4.69, 9.17) is 5.11 Å². The summed E-state index contributed by atoms with van der Waals surface area (Å²) in [6.45, 7) is 5.65. The number of rotatable bonds is 4. The van der Waals surface area contributed by atoms with E-state index >= 15 is 0 Å². The minimum absolute atomic E-state index is 0.292. The molecule has 2 atom stereocenters. The number of piperidine rings is 1. The molecular weight excluding hydrogens is 164 g/mol. The van der Waals surface area contributed by atoms with Gasteiger partial charge in [0.25, 0.3) is 0 Å². The molecule has 3 heteroatoms. The van der Waals surface area contributed by atoms with Gasteiger partial charge < -0.3 is 15.3 Å². The first-order valence-corrected chi connectivity index (χ1v) is 5.32. The van der Waals surface area contributed by atoms with Gasteiger partial charge >= 0.3 is 0 Å². The van der Waals surface area contributed by atoms with Crippen molar-refractivity contribution < 1.29 is 5.11 Å². The van der Waals surface area contributed by atoms with Crippen LogP contribution in [-0.4, -0.2) is 49.3 Å². The van der Waals surface area contributed by atoms with Crippen molar-refractivity contribution in [1.82, 2.24) is 10.2 Å². The van der Waals surface area contributed by atoms with E-state index < -0.39 is 0 Å². The Morgan fingerprint density at radius 3 is 2.85 bits per heavy atom. The molecule has 1 saturated heterocycles. The Morgan fingerprint density at radius 1 is 1.54 bits per heavy atom. The minimum atomic E-state index is 0.292. The molecule has 2 N–H and O–H groups in total. The molecule has 1 rings (SSSR count). The summed E-state index contributed by atoms with van der Waals surface area (Å²) in [5.74, 6) is 0.755. The van der Waals surface area contributed by atoms with Crippen molar-refractivity contribution in [2.24, 2.45) is 5.92 Å². The van der Waals surface area contributed by atoms with Crippen LogP contribution in [0.25, 0.3) is 0 Å². The van der Waals surface area contributed by atoms with E-state index in [0.717, 1.165) is 25.6 Å². The Bertz CT molecular complexity index is 141. The third-order valence-corrected chi connectivity index (χ3v) is 3.13. The molecule has 0 aromatic carbocycles. The summed E-state index contributed by atoms with van der Waals surface area (Å²) in [6.07, 6.45) is 2.45. The molecule has 1 aliphatic heterocycles. The third kappa shape index (κ3) is 2.93. The molecule has 0 aromatic heterocycles. The molecule has 1 heterocycles. The second-order valence-corrected chi connectivity index (χ2v) is 3.88. The maximum atomic E-state index is 8.84. The lowest BCUT2D eigenvalue weighted by Crippen LogP contribution is -2.48. The molecule has 13 heavy (non-hydrogen) atoms. The van der Waals surface area contributed by atoms with Crippen molar-refractivity contribution in [3.8, 4) is 0 Å². The molecule has 0 saturated carbocycles. The first-order chi connectivity index (χ1) is 6.31. The van der Waals surface area contributed by atoms with Crippen LogP contribution in [-0.2, 0) is 0 Å². The van der Waals surface area contributed by atoms with E-state index in [1.54, 1.807) is 0 Å². The quantitative estimate of drug-likeness (QED) is 0.663. The van der Waals surface area contributed by atoms with Gasteiger partial charge in [0.2, 0.25) is 0 Å². The van der Waals surface area contributed by atoms with E-state index in [0.29, 0.717) is 12.6 Å². The van der Waals surface area contributed by atoms with Crippen molar-refractivity contribution in [1.29, 1.82) is 0 Å². The average Bonchev–Trinajstić information content (AvgIpc) is 2.18. The highest BCUT2D eigenvalue weighted by atomic mass is 16.3. The lowest BCUT2D eigenvalue weighted by molar-refractivity contribution is 0.115. The van der Waals surface area contributed by atoms with Crippen molar-refractivity contribution in [3.63, 3.8) is 0 Å². The molecule has 0 aliphatic carbocycles. The smallest absolute Gasteiger partial charge is 0.0558 e. The Labute approximate surface area is 81.1 Å². The molecule has 2 unspecified atom stereocenters. The molecule has 0 spiro atoms. The van der Waals surface area contributed by atoms with Crippen LogP contribution in [0.3, 0.4) is 0 Å². The fourth-order valence-corrected chi connectivity index (χ4v) is 2.25. The Hall–Kier alpha value is -0.120. The number of nitrogens with zero attached hydrogens (tertiary/aromatic N) is 1. The third-order valence-electron chi connectivity index (χ3n) is 3.13. The minimum Gasteiger partial charge on any atom is -0.395 e. The summed E-state index contributed by atoms with van der Waals surface area (Å²) in [5.41, 5.74) is 0. The highest BCUT2D eigenvalue weighted by Gasteiger charge is 2.26. The first-order valence-electron chi connectivity index (χ1n) is 5.32. The maximum absolute atomic E-state index is 8.84. The lowest BCUT2D eigenvalue weighted by atomic mass is 9.90. The zero-order valence-electron chi connectivity index (χ0n) is 8.79. The van der Waals surface area contributed by atoms with Gasteiger partial charge in [-0.15, -0.1) is 0 Å². The van der Waals surface area contributed by atoms with Gasteiger partial charge in [-0.25, -0.2) is 0 Å². The van der Waals surface area contributed by atoms with Crippen LogP contribution < -0.4 is 5.32 Å². The van der Waals surface area contributed by atoms with E-state index in [-0.39, 0.29) is 0 Å². The number of hydrogen-bond donors (Lipinski definition) is 2. The zero-order valence-corrected chi connectivity index (χ0v) is 8.79. The molecule has 0 amide bonds. The monoisotopic (exact) mass is 186 g/mol. The average molecular weight is 186 g/mol. The van der Waals surface area contributed by atoms with Crippen LogP contribution in [0.1, 0.15) is 19.8 Å². The van der Waals surface area contributed by atoms with Gasteiger partial charge in [0.15, 0.2) is 0 Å². The Balaban J connectivity index is 2.38. The molecule has 1 aliphatic rings. The predicted octanol–water partition coefficient (Wildman–Crippen LogP) is 0.299. The standard InChI is InChI=1S/C10H22N2O/c1-3-9-8-12(6-7-13)5-4-10(9)11-2/h9-11,13H,3-8H2,1-2H3. The number of β-amino-alcohol motifs (C(OH)–C–C–N with tert-alkyl or cyclic N) is 1. The van der Waals surface area contributed by atoms with Crippen molar-refractivity contribution >= 4 is 0 Å². The number of nitrogens with one attached hydrogen (secondary N) is 1. The van der Waals surface area contributed by atoms with Crippen LogP contribution in [0.5, 0.6) is 0 Å². The topological polar surface area (TPSA) is 35.5 Å². The van der Waals surface area contributed by atoms with Crippen LogP contribution in [0, 0.1) is 5.92 Å². The van der Waals surface area contributed by atoms with Gasteiger partial charge in [-0.1, -0.05) is 13.3 Å². The SMILES string of the molecule is CCC1CN(CCO)CCC1NC. The van der Waals surface area contributed by atoms with E-state index in [9.17, 15) is 0 Å². The highest BCUT2D eigenvalue weighted by molar-refractivity contribution is 4.83. The summed E-state index contributed by atoms with van der Waals surface area (Å²) >= 11 is 0. The second-order valence-electron chi connectivity index (χ2n) is 3.88. The maximum Gasteiger partial charge on any atom is 0.0558 e. The number of likely N-dealkylation sites (tertiary alicyclic amines) is 1. The molecule has 0 radical (unpaired) electrons. The van der Waals surface area contributed by atoms with E-state index in [1.165, 1.54) is 12.8 Å².